The number of halogens is 1. The van der Waals surface area contributed by atoms with Gasteiger partial charge in [-0.05, 0) is 30.9 Å². The van der Waals surface area contributed by atoms with Crippen molar-refractivity contribution in [3.05, 3.63) is 36.3 Å². The Morgan fingerprint density at radius 2 is 2.18 bits per heavy atom. The van der Waals surface area contributed by atoms with Crippen molar-refractivity contribution in [1.82, 2.24) is 10.2 Å². The quantitative estimate of drug-likeness (QED) is 0.901. The zero-order valence-electron chi connectivity index (χ0n) is 12.6. The first kappa shape index (κ1) is 14.8. The molecule has 5 heteroatoms. The van der Waals surface area contributed by atoms with E-state index in [1.165, 1.54) is 18.7 Å². The average Bonchev–Trinajstić information content (AvgIpc) is 2.95. The van der Waals surface area contributed by atoms with Crippen LogP contribution < -0.4 is 5.32 Å². The standard InChI is InChI=1S/C17H20FN3O/c1-11-5-4-6-12(9-11)17(22)20-15-10-19-21-16(15)13-7-2-3-8-14(13)18/h2-3,7-8,10-12H,4-6,9H2,1H3,(H,19,21)(H,20,22). The largest absolute Gasteiger partial charge is 0.323 e. The van der Waals surface area contributed by atoms with Crippen LogP contribution in [0.3, 0.4) is 0 Å². The number of H-pyrrole nitrogens is 1. The first-order chi connectivity index (χ1) is 10.6. The zero-order valence-corrected chi connectivity index (χ0v) is 12.6. The third kappa shape index (κ3) is 3.03. The predicted octanol–water partition coefficient (Wildman–Crippen LogP) is 3.98. The summed E-state index contributed by atoms with van der Waals surface area (Å²) in [6.07, 6.45) is 5.65. The third-order valence-electron chi connectivity index (χ3n) is 4.35. The lowest BCUT2D eigenvalue weighted by molar-refractivity contribution is -0.121. The first-order valence-electron chi connectivity index (χ1n) is 7.74. The summed E-state index contributed by atoms with van der Waals surface area (Å²) in [5, 5.41) is 9.63. The van der Waals surface area contributed by atoms with Crippen LogP contribution in [0.1, 0.15) is 32.6 Å². The molecular formula is C17H20FN3O. The van der Waals surface area contributed by atoms with Gasteiger partial charge in [-0.25, -0.2) is 4.39 Å². The van der Waals surface area contributed by atoms with Crippen LogP contribution in [0.4, 0.5) is 10.1 Å². The van der Waals surface area contributed by atoms with Gasteiger partial charge in [-0.2, -0.15) is 5.10 Å². The number of nitrogens with zero attached hydrogens (tertiary/aromatic N) is 1. The van der Waals surface area contributed by atoms with Gasteiger partial charge in [0.1, 0.15) is 5.82 Å². The second-order valence-electron chi connectivity index (χ2n) is 6.10. The van der Waals surface area contributed by atoms with Gasteiger partial charge in [0.2, 0.25) is 5.91 Å². The zero-order chi connectivity index (χ0) is 15.5. The number of nitrogens with one attached hydrogen (secondary N) is 2. The predicted molar refractivity (Wildman–Crippen MR) is 83.7 cm³/mol. The van der Waals surface area contributed by atoms with Crippen molar-refractivity contribution in [3.8, 4) is 11.3 Å². The number of carbonyl (C=O) groups excluding carboxylic acids is 1. The molecule has 1 fully saturated rings. The molecule has 1 amide bonds. The Kier molecular flexibility index (Phi) is 4.22. The normalized spacial score (nSPS) is 21.5. The van der Waals surface area contributed by atoms with E-state index in [1.807, 2.05) is 0 Å². The van der Waals surface area contributed by atoms with Crippen LogP contribution in [0.5, 0.6) is 0 Å². The molecule has 1 saturated carbocycles. The lowest BCUT2D eigenvalue weighted by atomic mass is 9.82. The Morgan fingerprint density at radius 3 is 2.95 bits per heavy atom. The van der Waals surface area contributed by atoms with Crippen LogP contribution in [0.15, 0.2) is 30.5 Å². The molecule has 0 bridgehead atoms. The van der Waals surface area contributed by atoms with Crippen LogP contribution >= 0.6 is 0 Å². The third-order valence-corrected chi connectivity index (χ3v) is 4.35. The fourth-order valence-electron chi connectivity index (χ4n) is 3.16. The Labute approximate surface area is 129 Å². The maximum atomic E-state index is 13.9. The topological polar surface area (TPSA) is 57.8 Å². The van der Waals surface area contributed by atoms with Gasteiger partial charge in [0, 0.05) is 11.5 Å². The van der Waals surface area contributed by atoms with Crippen LogP contribution in [0.25, 0.3) is 11.3 Å². The van der Waals surface area contributed by atoms with Crippen LogP contribution in [0.2, 0.25) is 0 Å². The van der Waals surface area contributed by atoms with E-state index in [0.717, 1.165) is 19.3 Å². The first-order valence-corrected chi connectivity index (χ1v) is 7.74. The van der Waals surface area contributed by atoms with Crippen molar-refractivity contribution in [2.75, 3.05) is 5.32 Å². The van der Waals surface area contributed by atoms with Gasteiger partial charge in [0.25, 0.3) is 0 Å². The molecule has 2 N–H and O–H groups in total. The van der Waals surface area contributed by atoms with E-state index in [4.69, 9.17) is 0 Å². The molecule has 1 aliphatic rings. The van der Waals surface area contributed by atoms with E-state index in [-0.39, 0.29) is 17.6 Å². The fraction of sp³-hybridized carbons (Fsp3) is 0.412. The Balaban J connectivity index is 1.78. The van der Waals surface area contributed by atoms with Gasteiger partial charge in [0.15, 0.2) is 0 Å². The summed E-state index contributed by atoms with van der Waals surface area (Å²) in [4.78, 5) is 12.4. The van der Waals surface area contributed by atoms with Crippen LogP contribution in [0, 0.1) is 17.7 Å². The van der Waals surface area contributed by atoms with Crippen molar-refractivity contribution >= 4 is 11.6 Å². The van der Waals surface area contributed by atoms with Gasteiger partial charge in [-0.3, -0.25) is 9.89 Å². The number of carbonyl (C=O) groups is 1. The van der Waals surface area contributed by atoms with E-state index in [1.54, 1.807) is 18.2 Å². The van der Waals surface area contributed by atoms with Crippen LogP contribution in [-0.4, -0.2) is 16.1 Å². The highest BCUT2D eigenvalue weighted by atomic mass is 19.1. The van der Waals surface area contributed by atoms with Crippen molar-refractivity contribution in [2.24, 2.45) is 11.8 Å². The molecule has 2 atom stereocenters. The Morgan fingerprint density at radius 1 is 1.36 bits per heavy atom. The monoisotopic (exact) mass is 301 g/mol. The molecular weight excluding hydrogens is 281 g/mol. The molecule has 1 aromatic heterocycles. The number of amides is 1. The molecule has 0 aliphatic heterocycles. The maximum Gasteiger partial charge on any atom is 0.227 e. The van der Waals surface area contributed by atoms with Gasteiger partial charge in [-0.15, -0.1) is 0 Å². The molecule has 22 heavy (non-hydrogen) atoms. The van der Waals surface area contributed by atoms with Crippen LogP contribution in [-0.2, 0) is 4.79 Å². The summed E-state index contributed by atoms with van der Waals surface area (Å²) in [5.74, 6) is 0.283. The van der Waals surface area contributed by atoms with Crippen molar-refractivity contribution in [2.45, 2.75) is 32.6 Å². The van der Waals surface area contributed by atoms with Gasteiger partial charge >= 0.3 is 0 Å². The summed E-state index contributed by atoms with van der Waals surface area (Å²) >= 11 is 0. The van der Waals surface area contributed by atoms with E-state index < -0.39 is 0 Å². The van der Waals surface area contributed by atoms with E-state index in [9.17, 15) is 9.18 Å². The number of anilines is 1. The fourth-order valence-corrected chi connectivity index (χ4v) is 3.16. The molecule has 116 valence electrons. The van der Waals surface area contributed by atoms with Gasteiger partial charge in [0.05, 0.1) is 17.6 Å². The van der Waals surface area contributed by atoms with Gasteiger partial charge < -0.3 is 5.32 Å². The molecule has 2 unspecified atom stereocenters. The highest BCUT2D eigenvalue weighted by molar-refractivity contribution is 5.95. The molecule has 2 aromatic rings. The minimum absolute atomic E-state index is 0.00513. The SMILES string of the molecule is CC1CCCC(C(=O)Nc2cn[nH]c2-c2ccccc2F)C1. The number of aromatic amines is 1. The van der Waals surface area contributed by atoms with E-state index >= 15 is 0 Å². The summed E-state index contributed by atoms with van der Waals surface area (Å²) in [7, 11) is 0. The average molecular weight is 301 g/mol. The highest BCUT2D eigenvalue weighted by Crippen LogP contribution is 2.31. The second kappa shape index (κ2) is 6.30. The molecule has 1 aliphatic carbocycles. The molecule has 3 rings (SSSR count). The Hall–Kier alpha value is -2.17. The molecule has 0 radical (unpaired) electrons. The summed E-state index contributed by atoms with van der Waals surface area (Å²) < 4.78 is 13.9. The summed E-state index contributed by atoms with van der Waals surface area (Å²) in [6, 6.07) is 6.45. The van der Waals surface area contributed by atoms with E-state index in [0.29, 0.717) is 22.9 Å². The van der Waals surface area contributed by atoms with Crippen molar-refractivity contribution in [1.29, 1.82) is 0 Å². The maximum absolute atomic E-state index is 13.9. The smallest absolute Gasteiger partial charge is 0.227 e. The summed E-state index contributed by atoms with van der Waals surface area (Å²) in [5.41, 5.74) is 1.45. The van der Waals surface area contributed by atoms with Crippen molar-refractivity contribution in [3.63, 3.8) is 0 Å². The minimum Gasteiger partial charge on any atom is -0.323 e. The molecule has 1 aromatic carbocycles. The number of rotatable bonds is 3. The number of aromatic nitrogens is 2. The number of benzene rings is 1. The number of hydrogen-bond acceptors (Lipinski definition) is 2. The minimum atomic E-state index is -0.339. The molecule has 0 spiro atoms. The second-order valence-corrected chi connectivity index (χ2v) is 6.10. The lowest BCUT2D eigenvalue weighted by Crippen LogP contribution is -2.27. The Bertz CT molecular complexity index is 667. The summed E-state index contributed by atoms with van der Waals surface area (Å²) in [6.45, 7) is 2.18. The highest BCUT2D eigenvalue weighted by Gasteiger charge is 2.26. The number of hydrogen-bond donors (Lipinski definition) is 2. The molecule has 1 heterocycles. The molecule has 0 saturated heterocycles. The van der Waals surface area contributed by atoms with Gasteiger partial charge in [-0.1, -0.05) is 31.9 Å². The molecule has 4 nitrogen and oxygen atoms in total. The lowest BCUT2D eigenvalue weighted by Gasteiger charge is -2.25. The van der Waals surface area contributed by atoms with Crippen molar-refractivity contribution < 1.29 is 9.18 Å². The van der Waals surface area contributed by atoms with E-state index in [2.05, 4.69) is 22.4 Å².